The molecule has 1 unspecified atom stereocenters. The van der Waals surface area contributed by atoms with Gasteiger partial charge in [-0.05, 0) is 37.5 Å². The van der Waals surface area contributed by atoms with Crippen LogP contribution in [0.5, 0.6) is 11.9 Å². The van der Waals surface area contributed by atoms with Crippen LogP contribution in [0.1, 0.15) is 29.2 Å². The summed E-state index contributed by atoms with van der Waals surface area (Å²) < 4.78 is 11.8. The number of nitrogens with zero attached hydrogens (tertiary/aromatic N) is 5. The third kappa shape index (κ3) is 3.76. The molecule has 1 N–H and O–H groups in total. The van der Waals surface area contributed by atoms with Crippen molar-refractivity contribution in [3.8, 4) is 11.9 Å². The number of anilines is 1. The molecule has 0 saturated carbocycles. The van der Waals surface area contributed by atoms with E-state index >= 15 is 0 Å². The minimum atomic E-state index is -0.264. The van der Waals surface area contributed by atoms with Crippen molar-refractivity contribution in [2.75, 3.05) is 38.2 Å². The number of aromatic nitrogens is 4. The zero-order valence-electron chi connectivity index (χ0n) is 18.6. The Morgan fingerprint density at radius 2 is 2.12 bits per heavy atom. The average molecular weight is 469 g/mol. The predicted octanol–water partition coefficient (Wildman–Crippen LogP) is 3.22. The Morgan fingerprint density at radius 3 is 2.85 bits per heavy atom. The molecule has 10 heteroatoms. The quantitative estimate of drug-likeness (QED) is 0.587. The van der Waals surface area contributed by atoms with Crippen molar-refractivity contribution in [1.29, 1.82) is 0 Å². The maximum atomic E-state index is 11.9. The van der Waals surface area contributed by atoms with Gasteiger partial charge in [0.05, 0.1) is 29.4 Å². The lowest BCUT2D eigenvalue weighted by Crippen LogP contribution is -2.49. The molecule has 2 aliphatic rings. The van der Waals surface area contributed by atoms with Gasteiger partial charge in [-0.25, -0.2) is 0 Å². The van der Waals surface area contributed by atoms with Crippen molar-refractivity contribution in [1.82, 2.24) is 25.1 Å². The van der Waals surface area contributed by atoms with Crippen molar-refractivity contribution in [3.63, 3.8) is 0 Å². The number of aromatic amines is 1. The first-order valence-electron chi connectivity index (χ1n) is 10.9. The molecule has 3 aromatic rings. The third-order valence-corrected chi connectivity index (χ3v) is 6.81. The number of H-pyrrole nitrogens is 1. The summed E-state index contributed by atoms with van der Waals surface area (Å²) in [4.78, 5) is 25.0. The second-order valence-electron chi connectivity index (χ2n) is 8.23. The van der Waals surface area contributed by atoms with Crippen molar-refractivity contribution in [2.45, 2.75) is 25.9 Å². The van der Waals surface area contributed by atoms with Crippen LogP contribution >= 0.6 is 11.6 Å². The van der Waals surface area contributed by atoms with E-state index in [1.807, 2.05) is 13.0 Å². The summed E-state index contributed by atoms with van der Waals surface area (Å²) in [5.41, 5.74) is 3.75. The number of ether oxygens (including phenoxy) is 2. The number of fused-ring (bicyclic) bond motifs is 2. The van der Waals surface area contributed by atoms with Crippen LogP contribution in [0.15, 0.2) is 24.9 Å². The van der Waals surface area contributed by atoms with Crippen LogP contribution in [-0.4, -0.2) is 64.3 Å². The first kappa shape index (κ1) is 21.5. The lowest BCUT2D eigenvalue weighted by molar-refractivity contribution is -0.126. The summed E-state index contributed by atoms with van der Waals surface area (Å²) in [6, 6.07) is 2.24. The van der Waals surface area contributed by atoms with Crippen LogP contribution in [0.25, 0.3) is 10.9 Å². The second kappa shape index (κ2) is 8.55. The summed E-state index contributed by atoms with van der Waals surface area (Å²) in [5.74, 6) is 1.25. The molecule has 1 aromatic carbocycles. The number of aryl methyl sites for hydroxylation is 1. The second-order valence-corrected chi connectivity index (χ2v) is 8.61. The summed E-state index contributed by atoms with van der Waals surface area (Å²) in [7, 11) is 1.54. The minimum absolute atomic E-state index is 0.0521. The maximum absolute atomic E-state index is 11.9. The van der Waals surface area contributed by atoms with Gasteiger partial charge in [0, 0.05) is 37.1 Å². The van der Waals surface area contributed by atoms with E-state index in [1.165, 1.54) is 6.08 Å². The van der Waals surface area contributed by atoms with Crippen LogP contribution in [0.4, 0.5) is 5.82 Å². The number of carbonyl (C=O) groups excluding carboxylic acids is 1. The molecule has 4 heterocycles. The maximum Gasteiger partial charge on any atom is 0.321 e. The summed E-state index contributed by atoms with van der Waals surface area (Å²) in [6.45, 7) is 8.09. The molecule has 1 atom stereocenters. The Bertz CT molecular complexity index is 1230. The van der Waals surface area contributed by atoms with Gasteiger partial charge < -0.3 is 19.3 Å². The van der Waals surface area contributed by atoms with Crippen molar-refractivity contribution in [2.24, 2.45) is 0 Å². The average Bonchev–Trinajstić information content (AvgIpc) is 3.31. The summed E-state index contributed by atoms with van der Waals surface area (Å²) in [6.07, 6.45) is 4.33. The molecule has 1 fully saturated rings. The number of carbonyl (C=O) groups is 1. The van der Waals surface area contributed by atoms with E-state index < -0.39 is 0 Å². The highest BCUT2D eigenvalue weighted by Gasteiger charge is 2.32. The van der Waals surface area contributed by atoms with E-state index in [1.54, 1.807) is 18.2 Å². The van der Waals surface area contributed by atoms with Gasteiger partial charge in [-0.3, -0.25) is 9.89 Å². The zero-order chi connectivity index (χ0) is 23.1. The molecular formula is C23H25ClN6O3. The van der Waals surface area contributed by atoms with E-state index in [-0.39, 0.29) is 18.0 Å². The first-order valence-corrected chi connectivity index (χ1v) is 11.3. The molecule has 0 radical (unpaired) electrons. The number of piperazine rings is 1. The highest BCUT2D eigenvalue weighted by molar-refractivity contribution is 6.33. The number of hydrogen-bond donors (Lipinski definition) is 1. The van der Waals surface area contributed by atoms with E-state index in [0.29, 0.717) is 37.1 Å². The molecule has 0 bridgehead atoms. The standard InChI is InChI=1S/C23H25ClN6O3/c1-4-18(31)29-7-9-30(10-8-29)21-14-5-6-17(33-22(14)27-23(26-21)32-3)19-15-12-25-28-16(15)11-13(2)20(19)24/h4,11-12,17H,1,5-10H2,2-3H3,(H,25,28). The van der Waals surface area contributed by atoms with Crippen molar-refractivity contribution >= 4 is 34.2 Å². The van der Waals surface area contributed by atoms with Gasteiger partial charge in [0.15, 0.2) is 0 Å². The zero-order valence-corrected chi connectivity index (χ0v) is 19.4. The van der Waals surface area contributed by atoms with Crippen LogP contribution in [0.2, 0.25) is 5.02 Å². The number of nitrogens with one attached hydrogen (secondary N) is 1. The van der Waals surface area contributed by atoms with Gasteiger partial charge in [-0.2, -0.15) is 15.1 Å². The fourth-order valence-corrected chi connectivity index (χ4v) is 4.87. The van der Waals surface area contributed by atoms with Gasteiger partial charge in [-0.15, -0.1) is 0 Å². The van der Waals surface area contributed by atoms with Gasteiger partial charge in [0.2, 0.25) is 11.8 Å². The van der Waals surface area contributed by atoms with Crippen molar-refractivity contribution < 1.29 is 14.3 Å². The van der Waals surface area contributed by atoms with E-state index in [4.69, 9.17) is 21.1 Å². The fraction of sp³-hybridized carbons (Fsp3) is 0.391. The third-order valence-electron chi connectivity index (χ3n) is 6.31. The molecule has 2 aliphatic heterocycles. The molecule has 0 aliphatic carbocycles. The number of hydrogen-bond acceptors (Lipinski definition) is 7. The largest absolute Gasteiger partial charge is 0.469 e. The Morgan fingerprint density at radius 1 is 1.33 bits per heavy atom. The highest BCUT2D eigenvalue weighted by atomic mass is 35.5. The molecule has 1 saturated heterocycles. The molecular weight excluding hydrogens is 444 g/mol. The SMILES string of the molecule is C=CC(=O)N1CCN(c2nc(OC)nc3c2CCC(c2c(Cl)c(C)cc4[nH]ncc24)O3)CC1. The number of methoxy groups -OCH3 is 1. The number of benzene rings is 1. The Balaban J connectivity index is 1.47. The van der Waals surface area contributed by atoms with Crippen molar-refractivity contribution in [3.05, 3.63) is 46.6 Å². The van der Waals surface area contributed by atoms with Gasteiger partial charge in [-0.1, -0.05) is 18.2 Å². The van der Waals surface area contributed by atoms with Crippen LogP contribution < -0.4 is 14.4 Å². The summed E-state index contributed by atoms with van der Waals surface area (Å²) in [5, 5.41) is 8.84. The number of halogens is 1. The number of amides is 1. The molecule has 172 valence electrons. The minimum Gasteiger partial charge on any atom is -0.469 e. The molecule has 2 aromatic heterocycles. The first-order chi connectivity index (χ1) is 16.0. The van der Waals surface area contributed by atoms with E-state index in [0.717, 1.165) is 46.3 Å². The monoisotopic (exact) mass is 468 g/mol. The normalized spacial score (nSPS) is 18.1. The van der Waals surface area contributed by atoms with Crippen LogP contribution in [0.3, 0.4) is 0 Å². The molecule has 9 nitrogen and oxygen atoms in total. The Kier molecular flexibility index (Phi) is 5.57. The number of rotatable bonds is 4. The topological polar surface area (TPSA) is 96.5 Å². The fourth-order valence-electron chi connectivity index (χ4n) is 4.59. The Labute approximate surface area is 196 Å². The van der Waals surface area contributed by atoms with Crippen LogP contribution in [0, 0.1) is 6.92 Å². The van der Waals surface area contributed by atoms with Gasteiger partial charge in [0.25, 0.3) is 0 Å². The molecule has 33 heavy (non-hydrogen) atoms. The lowest BCUT2D eigenvalue weighted by atomic mass is 9.95. The van der Waals surface area contributed by atoms with Crippen LogP contribution in [-0.2, 0) is 11.2 Å². The lowest BCUT2D eigenvalue weighted by Gasteiger charge is -2.37. The van der Waals surface area contributed by atoms with E-state index in [2.05, 4.69) is 31.6 Å². The van der Waals surface area contributed by atoms with Gasteiger partial charge >= 0.3 is 6.01 Å². The molecule has 1 amide bonds. The van der Waals surface area contributed by atoms with Gasteiger partial charge in [0.1, 0.15) is 11.9 Å². The summed E-state index contributed by atoms with van der Waals surface area (Å²) >= 11 is 6.73. The smallest absolute Gasteiger partial charge is 0.321 e. The molecule has 5 rings (SSSR count). The van der Waals surface area contributed by atoms with E-state index in [9.17, 15) is 4.79 Å². The Hall–Kier alpha value is -3.33. The predicted molar refractivity (Wildman–Crippen MR) is 125 cm³/mol. The highest BCUT2D eigenvalue weighted by Crippen LogP contribution is 2.43. The molecule has 0 spiro atoms.